The van der Waals surface area contributed by atoms with Crippen LogP contribution in [0, 0.1) is 5.21 Å². The van der Waals surface area contributed by atoms with Crippen molar-refractivity contribution in [2.24, 2.45) is 0 Å². The molecule has 0 aromatic carbocycles. The SMILES string of the molecule is [O-]/[N+](=C/C(Cl)=C/Cl)C1CCCCC1. The second kappa shape index (κ2) is 5.51. The van der Waals surface area contributed by atoms with Gasteiger partial charge in [0.05, 0.1) is 0 Å². The molecule has 1 saturated carbocycles. The third-order valence-electron chi connectivity index (χ3n) is 2.29. The summed E-state index contributed by atoms with van der Waals surface area (Å²) in [6, 6.07) is 0.0964. The Hall–Kier alpha value is -0.210. The molecule has 0 N–H and O–H groups in total. The second-order valence-electron chi connectivity index (χ2n) is 3.27. The highest BCUT2D eigenvalue weighted by atomic mass is 35.5. The maximum Gasteiger partial charge on any atom is 0.194 e. The maximum atomic E-state index is 11.4. The summed E-state index contributed by atoms with van der Waals surface area (Å²) in [5.41, 5.74) is 1.20. The van der Waals surface area contributed by atoms with Crippen LogP contribution in [0.3, 0.4) is 0 Å². The average Bonchev–Trinajstić information content (AvgIpc) is 2.19. The van der Waals surface area contributed by atoms with Crippen molar-refractivity contribution in [1.82, 2.24) is 0 Å². The van der Waals surface area contributed by atoms with Crippen LogP contribution in [0.25, 0.3) is 0 Å². The third-order valence-corrected chi connectivity index (χ3v) is 2.84. The van der Waals surface area contributed by atoms with Gasteiger partial charge in [-0.25, -0.2) is 4.74 Å². The van der Waals surface area contributed by atoms with Crippen LogP contribution in [0.15, 0.2) is 10.6 Å². The number of nitrogens with zero attached hydrogens (tertiary/aromatic N) is 1. The molecule has 0 amide bonds. The molecule has 2 nitrogen and oxygen atoms in total. The van der Waals surface area contributed by atoms with Crippen LogP contribution < -0.4 is 0 Å². The largest absolute Gasteiger partial charge is 0.624 e. The van der Waals surface area contributed by atoms with Crippen molar-refractivity contribution < 1.29 is 4.74 Å². The highest BCUT2D eigenvalue weighted by Crippen LogP contribution is 2.19. The summed E-state index contributed by atoms with van der Waals surface area (Å²) in [5.74, 6) is 0. The Labute approximate surface area is 88.4 Å². The van der Waals surface area contributed by atoms with Gasteiger partial charge in [0, 0.05) is 18.4 Å². The monoisotopic (exact) mass is 221 g/mol. The van der Waals surface area contributed by atoms with Gasteiger partial charge in [-0.1, -0.05) is 29.6 Å². The predicted octanol–water partition coefficient (Wildman–Crippen LogP) is 3.22. The molecule has 4 heteroatoms. The van der Waals surface area contributed by atoms with E-state index in [1.165, 1.54) is 18.2 Å². The van der Waals surface area contributed by atoms with E-state index in [9.17, 15) is 5.21 Å². The number of halogens is 2. The molecule has 0 saturated heterocycles. The highest BCUT2D eigenvalue weighted by Gasteiger charge is 2.19. The van der Waals surface area contributed by atoms with Gasteiger partial charge < -0.3 is 5.21 Å². The number of rotatable bonds is 2. The van der Waals surface area contributed by atoms with Gasteiger partial charge in [0.15, 0.2) is 12.3 Å². The smallest absolute Gasteiger partial charge is 0.194 e. The summed E-state index contributed by atoms with van der Waals surface area (Å²) in [6.45, 7) is 0. The third kappa shape index (κ3) is 3.57. The van der Waals surface area contributed by atoms with Crippen LogP contribution in [0.1, 0.15) is 32.1 Å². The first-order valence-electron chi connectivity index (χ1n) is 4.50. The van der Waals surface area contributed by atoms with Gasteiger partial charge >= 0.3 is 0 Å². The summed E-state index contributed by atoms with van der Waals surface area (Å²) >= 11 is 11.0. The van der Waals surface area contributed by atoms with E-state index in [2.05, 4.69) is 0 Å². The lowest BCUT2D eigenvalue weighted by Gasteiger charge is -2.20. The Morgan fingerprint density at radius 1 is 1.31 bits per heavy atom. The number of hydrogen-bond donors (Lipinski definition) is 0. The molecular formula is C9H13Cl2NO. The predicted molar refractivity (Wildman–Crippen MR) is 56.4 cm³/mol. The van der Waals surface area contributed by atoms with Crippen LogP contribution >= 0.6 is 23.2 Å². The van der Waals surface area contributed by atoms with Crippen molar-refractivity contribution in [3.8, 4) is 0 Å². The molecule has 13 heavy (non-hydrogen) atoms. The minimum Gasteiger partial charge on any atom is -0.624 e. The topological polar surface area (TPSA) is 26.1 Å². The molecule has 1 rings (SSSR count). The van der Waals surface area contributed by atoms with E-state index in [0.717, 1.165) is 30.4 Å². The fourth-order valence-corrected chi connectivity index (χ4v) is 1.74. The first kappa shape index (κ1) is 10.9. The number of hydroxylamine groups is 1. The lowest BCUT2D eigenvalue weighted by molar-refractivity contribution is -0.500. The van der Waals surface area contributed by atoms with E-state index in [1.807, 2.05) is 0 Å². The Balaban J connectivity index is 2.54. The molecule has 0 bridgehead atoms. The average molecular weight is 222 g/mol. The number of allylic oxidation sites excluding steroid dienone is 1. The fourth-order valence-electron chi connectivity index (χ4n) is 1.59. The molecule has 0 aromatic heterocycles. The molecule has 1 fully saturated rings. The molecule has 0 spiro atoms. The Kier molecular flexibility index (Phi) is 4.60. The first-order chi connectivity index (χ1) is 6.24. The van der Waals surface area contributed by atoms with Crippen molar-refractivity contribution >= 4 is 29.4 Å². The van der Waals surface area contributed by atoms with E-state index in [1.54, 1.807) is 0 Å². The normalized spacial score (nSPS) is 22.0. The molecule has 0 atom stereocenters. The van der Waals surface area contributed by atoms with Crippen molar-refractivity contribution in [3.05, 3.63) is 15.8 Å². The van der Waals surface area contributed by atoms with E-state index >= 15 is 0 Å². The van der Waals surface area contributed by atoms with Crippen LogP contribution in [-0.2, 0) is 0 Å². The molecule has 1 aliphatic rings. The molecular weight excluding hydrogens is 209 g/mol. The zero-order valence-electron chi connectivity index (χ0n) is 7.38. The molecule has 0 aromatic rings. The molecule has 1 aliphatic carbocycles. The zero-order valence-corrected chi connectivity index (χ0v) is 8.89. The van der Waals surface area contributed by atoms with Crippen molar-refractivity contribution in [2.75, 3.05) is 0 Å². The van der Waals surface area contributed by atoms with Gasteiger partial charge in [0.2, 0.25) is 0 Å². The Morgan fingerprint density at radius 3 is 2.46 bits per heavy atom. The lowest BCUT2D eigenvalue weighted by Crippen LogP contribution is -2.25. The van der Waals surface area contributed by atoms with Gasteiger partial charge in [-0.3, -0.25) is 0 Å². The molecule has 0 aliphatic heterocycles. The number of hydrogen-bond acceptors (Lipinski definition) is 1. The van der Waals surface area contributed by atoms with E-state index in [0.29, 0.717) is 5.03 Å². The molecule has 0 unspecified atom stereocenters. The van der Waals surface area contributed by atoms with Crippen molar-refractivity contribution in [3.63, 3.8) is 0 Å². The standard InChI is InChI=1S/C9H13Cl2NO/c10-6-8(11)7-12(13)9-4-2-1-3-5-9/h6-7,9H,1-5H2/b8-6-,12-7+. The van der Waals surface area contributed by atoms with Gasteiger partial charge in [-0.2, -0.15) is 0 Å². The van der Waals surface area contributed by atoms with Gasteiger partial charge in [0.1, 0.15) is 5.03 Å². The molecule has 0 heterocycles. The minimum absolute atomic E-state index is 0.0964. The Bertz CT molecular complexity index is 220. The molecule has 0 radical (unpaired) electrons. The van der Waals surface area contributed by atoms with Crippen LogP contribution in [0.2, 0.25) is 0 Å². The summed E-state index contributed by atoms with van der Waals surface area (Å²) in [6.07, 6.45) is 6.80. The minimum atomic E-state index is 0.0964. The van der Waals surface area contributed by atoms with Crippen LogP contribution in [0.4, 0.5) is 0 Å². The quantitative estimate of drug-likeness (QED) is 0.305. The first-order valence-corrected chi connectivity index (χ1v) is 5.31. The van der Waals surface area contributed by atoms with E-state index in [4.69, 9.17) is 23.2 Å². The zero-order chi connectivity index (χ0) is 9.68. The Morgan fingerprint density at radius 2 is 1.92 bits per heavy atom. The summed E-state index contributed by atoms with van der Waals surface area (Å²) in [7, 11) is 0. The summed E-state index contributed by atoms with van der Waals surface area (Å²) in [5, 5.41) is 11.7. The van der Waals surface area contributed by atoms with E-state index < -0.39 is 0 Å². The summed E-state index contributed by atoms with van der Waals surface area (Å²) < 4.78 is 0.931. The second-order valence-corrected chi connectivity index (χ2v) is 3.93. The van der Waals surface area contributed by atoms with Gasteiger partial charge in [0.25, 0.3) is 0 Å². The van der Waals surface area contributed by atoms with Gasteiger partial charge in [-0.05, 0) is 12.8 Å². The summed E-state index contributed by atoms with van der Waals surface area (Å²) in [4.78, 5) is 0. The van der Waals surface area contributed by atoms with Crippen molar-refractivity contribution in [1.29, 1.82) is 0 Å². The van der Waals surface area contributed by atoms with Gasteiger partial charge in [-0.15, -0.1) is 0 Å². The van der Waals surface area contributed by atoms with E-state index in [-0.39, 0.29) is 6.04 Å². The van der Waals surface area contributed by atoms with Crippen LogP contribution in [-0.4, -0.2) is 17.0 Å². The van der Waals surface area contributed by atoms with Crippen molar-refractivity contribution in [2.45, 2.75) is 38.1 Å². The molecule has 74 valence electrons. The maximum absolute atomic E-state index is 11.4. The lowest BCUT2D eigenvalue weighted by atomic mass is 9.96. The highest BCUT2D eigenvalue weighted by molar-refractivity contribution is 6.43. The van der Waals surface area contributed by atoms with Crippen LogP contribution in [0.5, 0.6) is 0 Å². The fraction of sp³-hybridized carbons (Fsp3) is 0.667.